The number of rotatable bonds is 12. The summed E-state index contributed by atoms with van der Waals surface area (Å²) in [6, 6.07) is 11.3. The van der Waals surface area contributed by atoms with Crippen LogP contribution in [0.15, 0.2) is 153 Å². The van der Waals surface area contributed by atoms with Crippen LogP contribution in [-0.2, 0) is 40.5 Å². The van der Waals surface area contributed by atoms with Gasteiger partial charge in [-0.2, -0.15) is 52.7 Å². The molecule has 6 rings (SSSR count). The number of hydrogen-bond donors (Lipinski definition) is 4. The summed E-state index contributed by atoms with van der Waals surface area (Å²) >= 11 is 0. The van der Waals surface area contributed by atoms with Gasteiger partial charge in [-0.05, 0) is 131 Å². The number of phenols is 2. The van der Waals surface area contributed by atoms with Gasteiger partial charge in [0.25, 0.3) is 11.2 Å². The summed E-state index contributed by atoms with van der Waals surface area (Å²) in [6.07, 6.45) is -24.7. The van der Waals surface area contributed by atoms with Gasteiger partial charge in [-0.25, -0.2) is 34.4 Å². The van der Waals surface area contributed by atoms with Crippen molar-refractivity contribution in [1.29, 1.82) is 0 Å². The molecule has 0 spiro atoms. The number of carboxylic acid groups (broad SMARTS) is 2. The zero-order valence-corrected chi connectivity index (χ0v) is 45.3. The van der Waals surface area contributed by atoms with Crippen LogP contribution in [0.3, 0.4) is 0 Å². The van der Waals surface area contributed by atoms with Crippen molar-refractivity contribution in [3.63, 3.8) is 0 Å². The summed E-state index contributed by atoms with van der Waals surface area (Å²) in [4.78, 5) is 17.6. The quantitative estimate of drug-likeness (QED) is 0.0784. The molecule has 6 aromatic rings. The van der Waals surface area contributed by atoms with E-state index in [9.17, 15) is 127 Å². The van der Waals surface area contributed by atoms with Crippen LogP contribution in [-0.4, -0.2) is 73.9 Å². The smallest absolute Gasteiger partial charge is 0.545 e. The van der Waals surface area contributed by atoms with E-state index in [-0.39, 0.29) is 129 Å². The second-order valence-electron chi connectivity index (χ2n) is 15.9. The summed E-state index contributed by atoms with van der Waals surface area (Å²) in [5.74, 6) is -10.5. The number of aromatic hydroxyl groups is 2. The van der Waals surface area contributed by atoms with Gasteiger partial charge in [-0.1, -0.05) is 24.3 Å². The van der Waals surface area contributed by atoms with E-state index in [0.717, 1.165) is 60.7 Å². The van der Waals surface area contributed by atoms with Gasteiger partial charge in [0.05, 0.1) is 31.5 Å². The standard InChI is InChI=1S/2C24H14F8O6S.2Na/c2*25-14-3-1-12(2-4-14)19(11-21(34)35)18-6-5-16(10-20(18)33)39(37,38)17-8-13(7-15(26)9-17)22(36,23(27,28)29)24(30,31)32;;/h2*1-11,33,36H,(H,34,35);;/q;;2*+1/p-2. The maximum Gasteiger partial charge on any atom is 1.00 e. The first-order valence-electron chi connectivity index (χ1n) is 20.5. The summed E-state index contributed by atoms with van der Waals surface area (Å²) in [6.45, 7) is 0. The molecule has 0 saturated carbocycles. The number of carboxylic acids is 2. The summed E-state index contributed by atoms with van der Waals surface area (Å²) in [5, 5.41) is 62.3. The Labute approximate surface area is 483 Å². The third kappa shape index (κ3) is 14.2. The Morgan fingerprint density at radius 2 is 0.675 bits per heavy atom. The molecule has 0 saturated heterocycles. The largest absolute Gasteiger partial charge is 1.00 e. The van der Waals surface area contributed by atoms with Crippen LogP contribution in [0.2, 0.25) is 0 Å². The van der Waals surface area contributed by atoms with Gasteiger partial charge in [0.15, 0.2) is 0 Å². The number of hydrogen-bond acceptors (Lipinski definition) is 12. The third-order valence-corrected chi connectivity index (χ3v) is 14.3. The summed E-state index contributed by atoms with van der Waals surface area (Å²) < 4.78 is 266. The average molecular weight is 1210 g/mol. The number of halogens is 16. The Balaban J connectivity index is 0.000000410. The fraction of sp³-hybridized carbons (Fsp3) is 0.125. The number of carbonyl (C=O) groups excluding carboxylic acids is 2. The molecule has 416 valence electrons. The number of phenolic OH excluding ortho intramolecular Hbond substituents is 2. The van der Waals surface area contributed by atoms with E-state index in [1.165, 1.54) is 0 Å². The van der Waals surface area contributed by atoms with Gasteiger partial charge in [0.1, 0.15) is 34.8 Å². The van der Waals surface area contributed by atoms with Crippen molar-refractivity contribution in [3.8, 4) is 11.5 Å². The Morgan fingerprint density at radius 3 is 0.912 bits per heavy atom. The van der Waals surface area contributed by atoms with E-state index in [2.05, 4.69) is 0 Å². The van der Waals surface area contributed by atoms with Crippen molar-refractivity contribution in [2.75, 3.05) is 0 Å². The first-order chi connectivity index (χ1) is 35.6. The van der Waals surface area contributed by atoms with Crippen LogP contribution in [0.5, 0.6) is 11.5 Å². The predicted molar refractivity (Wildman–Crippen MR) is 229 cm³/mol. The molecule has 0 bridgehead atoms. The SMILES string of the molecule is O=C([O-])C=C(c1ccc(F)cc1)c1ccc(S(=O)(=O)c2cc(F)cc(C(O)(C(F)(F)F)C(F)(F)F)c2)cc1O.O=C([O-])C=C(c1ccc(F)cc1)c1ccc(S(=O)(=O)c2cc(F)cc(C(O)(C(F)(F)F)C(F)(F)F)c2)cc1O.[Na+].[Na+]. The molecule has 80 heavy (non-hydrogen) atoms. The van der Waals surface area contributed by atoms with E-state index in [0.29, 0.717) is 36.4 Å². The first kappa shape index (κ1) is 68.3. The van der Waals surface area contributed by atoms with Crippen molar-refractivity contribution in [3.05, 3.63) is 190 Å². The van der Waals surface area contributed by atoms with E-state index in [1.807, 2.05) is 0 Å². The fourth-order valence-corrected chi connectivity index (χ4v) is 9.71. The molecule has 0 aliphatic carbocycles. The molecule has 0 unspecified atom stereocenters. The Morgan fingerprint density at radius 1 is 0.400 bits per heavy atom. The van der Waals surface area contributed by atoms with Crippen LogP contribution in [0.25, 0.3) is 11.1 Å². The monoisotopic (exact) mass is 1210 g/mol. The van der Waals surface area contributed by atoms with Gasteiger partial charge in [0, 0.05) is 22.3 Å². The molecular formula is C48H26F16Na2O12S2. The van der Waals surface area contributed by atoms with E-state index in [1.54, 1.807) is 0 Å². The number of sulfone groups is 2. The number of benzene rings is 6. The molecule has 0 atom stereocenters. The molecule has 0 aliphatic heterocycles. The maximum absolute atomic E-state index is 14.1. The van der Waals surface area contributed by atoms with Crippen LogP contribution in [0.1, 0.15) is 33.4 Å². The number of aliphatic carboxylic acids is 2. The van der Waals surface area contributed by atoms with Crippen molar-refractivity contribution < 1.29 is 186 Å². The van der Waals surface area contributed by atoms with Gasteiger partial charge in [0.2, 0.25) is 19.7 Å². The number of alkyl halides is 12. The predicted octanol–water partition coefficient (Wildman–Crippen LogP) is 2.00. The molecule has 0 amide bonds. The van der Waals surface area contributed by atoms with Crippen molar-refractivity contribution >= 4 is 42.8 Å². The molecule has 4 N–H and O–H groups in total. The molecule has 6 aromatic carbocycles. The zero-order valence-electron chi connectivity index (χ0n) is 39.6. The van der Waals surface area contributed by atoms with Gasteiger partial charge in [-0.15, -0.1) is 0 Å². The van der Waals surface area contributed by atoms with Crippen molar-refractivity contribution in [2.24, 2.45) is 0 Å². The van der Waals surface area contributed by atoms with Crippen LogP contribution in [0.4, 0.5) is 70.2 Å². The normalized spacial score (nSPS) is 13.1. The van der Waals surface area contributed by atoms with E-state index >= 15 is 0 Å². The first-order valence-corrected chi connectivity index (χ1v) is 23.4. The molecular weight excluding hydrogens is 1180 g/mol. The Bertz CT molecular complexity index is 3340. The average Bonchev–Trinajstić information content (AvgIpc) is 3.31. The Kier molecular flexibility index (Phi) is 21.0. The summed E-state index contributed by atoms with van der Waals surface area (Å²) in [7, 11) is -10.3. The molecule has 0 aromatic heterocycles. The minimum absolute atomic E-state index is 0. The Hall–Kier alpha value is -5.96. The van der Waals surface area contributed by atoms with Gasteiger partial charge < -0.3 is 40.2 Å². The minimum Gasteiger partial charge on any atom is -0.545 e. The van der Waals surface area contributed by atoms with Crippen molar-refractivity contribution in [2.45, 2.75) is 55.5 Å². The fourth-order valence-electron chi connectivity index (χ4n) is 7.04. The zero-order chi connectivity index (χ0) is 59.1. The number of aliphatic hydroxyl groups is 2. The summed E-state index contributed by atoms with van der Waals surface area (Å²) in [5.41, 5.74) is -16.8. The third-order valence-electron chi connectivity index (χ3n) is 10.8. The van der Waals surface area contributed by atoms with E-state index in [4.69, 9.17) is 0 Å². The topological polar surface area (TPSA) is 229 Å². The molecule has 32 heteroatoms. The second-order valence-corrected chi connectivity index (χ2v) is 19.8. The molecule has 0 aliphatic rings. The minimum atomic E-state index is -6.43. The van der Waals surface area contributed by atoms with Crippen LogP contribution in [0, 0.1) is 23.3 Å². The van der Waals surface area contributed by atoms with E-state index < -0.39 is 133 Å². The molecule has 0 radical (unpaired) electrons. The van der Waals surface area contributed by atoms with Crippen molar-refractivity contribution in [1.82, 2.24) is 0 Å². The molecule has 0 fully saturated rings. The van der Waals surface area contributed by atoms with Gasteiger partial charge >= 0.3 is 83.8 Å². The second kappa shape index (κ2) is 24.6. The number of carbonyl (C=O) groups is 2. The van der Waals surface area contributed by atoms with Gasteiger partial charge in [-0.3, -0.25) is 0 Å². The molecule has 0 heterocycles. The van der Waals surface area contributed by atoms with Crippen LogP contribution >= 0.6 is 0 Å². The maximum atomic E-state index is 14.1. The molecule has 12 nitrogen and oxygen atoms in total. The van der Waals surface area contributed by atoms with Crippen LogP contribution < -0.4 is 69.3 Å².